The normalized spacial score (nSPS) is 11.5. The second-order valence-electron chi connectivity index (χ2n) is 12.0. The SMILES string of the molecule is c1ccc(-c2c(-c3ccccc3)c3cc4c(-c5ccccc5)c(-c5ccccc5)c5ccccc5c4cc3c3ccccc23)cc1. The second-order valence-corrected chi connectivity index (χ2v) is 12.0. The molecule has 9 rings (SSSR count). The van der Waals surface area contributed by atoms with Crippen molar-refractivity contribution in [2.24, 2.45) is 0 Å². The summed E-state index contributed by atoms with van der Waals surface area (Å²) in [7, 11) is 0. The molecule has 0 spiro atoms. The molecular formula is C46H30. The van der Waals surface area contributed by atoms with E-state index in [2.05, 4.69) is 182 Å². The van der Waals surface area contributed by atoms with Crippen molar-refractivity contribution >= 4 is 43.1 Å². The van der Waals surface area contributed by atoms with Crippen LogP contribution < -0.4 is 0 Å². The zero-order valence-electron chi connectivity index (χ0n) is 25.3. The maximum absolute atomic E-state index is 2.49. The van der Waals surface area contributed by atoms with Crippen LogP contribution in [-0.2, 0) is 0 Å². The van der Waals surface area contributed by atoms with Gasteiger partial charge in [-0.25, -0.2) is 0 Å². The predicted octanol–water partition coefficient (Wildman–Crippen LogP) is 13.0. The molecule has 0 heterocycles. The first-order chi connectivity index (χ1) is 22.9. The van der Waals surface area contributed by atoms with E-state index in [9.17, 15) is 0 Å². The van der Waals surface area contributed by atoms with E-state index in [1.54, 1.807) is 0 Å². The Morgan fingerprint density at radius 1 is 0.174 bits per heavy atom. The van der Waals surface area contributed by atoms with Crippen molar-refractivity contribution in [1.29, 1.82) is 0 Å². The van der Waals surface area contributed by atoms with Crippen molar-refractivity contribution in [3.63, 3.8) is 0 Å². The van der Waals surface area contributed by atoms with E-state index in [1.807, 2.05) is 0 Å². The Balaban J connectivity index is 1.57. The second kappa shape index (κ2) is 10.9. The molecule has 0 radical (unpaired) electrons. The molecule has 0 amide bonds. The Bertz CT molecular complexity index is 2350. The molecule has 0 aliphatic carbocycles. The molecule has 0 bridgehead atoms. The first-order valence-corrected chi connectivity index (χ1v) is 16.0. The summed E-state index contributed by atoms with van der Waals surface area (Å²) in [6.07, 6.45) is 0. The van der Waals surface area contributed by atoms with Gasteiger partial charge in [-0.15, -0.1) is 0 Å². The third-order valence-electron chi connectivity index (χ3n) is 9.42. The summed E-state index contributed by atoms with van der Waals surface area (Å²) in [5.74, 6) is 0. The fraction of sp³-hybridized carbons (Fsp3) is 0. The Hall–Kier alpha value is -5.98. The first-order valence-electron chi connectivity index (χ1n) is 16.0. The van der Waals surface area contributed by atoms with E-state index in [1.165, 1.54) is 87.6 Å². The Morgan fingerprint density at radius 2 is 0.413 bits per heavy atom. The van der Waals surface area contributed by atoms with Gasteiger partial charge in [0.1, 0.15) is 0 Å². The molecule has 0 saturated heterocycles. The number of benzene rings is 9. The topological polar surface area (TPSA) is 0 Å². The zero-order chi connectivity index (χ0) is 30.5. The van der Waals surface area contributed by atoms with E-state index in [-0.39, 0.29) is 0 Å². The molecule has 0 N–H and O–H groups in total. The Morgan fingerprint density at radius 3 is 0.739 bits per heavy atom. The smallest absolute Gasteiger partial charge is 0.00201 e. The van der Waals surface area contributed by atoms with Crippen molar-refractivity contribution < 1.29 is 0 Å². The third-order valence-corrected chi connectivity index (χ3v) is 9.42. The molecule has 0 unspecified atom stereocenters. The largest absolute Gasteiger partial charge is 0.0622 e. The summed E-state index contributed by atoms with van der Waals surface area (Å²) in [5, 5.41) is 10.2. The molecule has 0 aromatic heterocycles. The van der Waals surface area contributed by atoms with E-state index >= 15 is 0 Å². The minimum Gasteiger partial charge on any atom is -0.0622 e. The minimum atomic E-state index is 1.22. The summed E-state index contributed by atoms with van der Waals surface area (Å²) in [4.78, 5) is 0. The lowest BCUT2D eigenvalue weighted by molar-refractivity contribution is 1.62. The number of hydrogen-bond donors (Lipinski definition) is 0. The lowest BCUT2D eigenvalue weighted by Gasteiger charge is -2.22. The summed E-state index contributed by atoms with van der Waals surface area (Å²) in [6, 6.07) is 66.5. The quantitative estimate of drug-likeness (QED) is 0.143. The van der Waals surface area contributed by atoms with Gasteiger partial charge >= 0.3 is 0 Å². The van der Waals surface area contributed by atoms with Gasteiger partial charge in [0.05, 0.1) is 0 Å². The maximum atomic E-state index is 2.49. The fourth-order valence-electron chi connectivity index (χ4n) is 7.49. The first kappa shape index (κ1) is 26.4. The van der Waals surface area contributed by atoms with Crippen LogP contribution in [0.4, 0.5) is 0 Å². The van der Waals surface area contributed by atoms with Crippen LogP contribution in [0.2, 0.25) is 0 Å². The monoisotopic (exact) mass is 582 g/mol. The van der Waals surface area contributed by atoms with Gasteiger partial charge in [0.25, 0.3) is 0 Å². The molecule has 0 heteroatoms. The van der Waals surface area contributed by atoms with E-state index in [4.69, 9.17) is 0 Å². The predicted molar refractivity (Wildman–Crippen MR) is 198 cm³/mol. The number of hydrogen-bond acceptors (Lipinski definition) is 0. The van der Waals surface area contributed by atoms with Crippen LogP contribution in [0.1, 0.15) is 0 Å². The van der Waals surface area contributed by atoms with Crippen LogP contribution in [0.3, 0.4) is 0 Å². The standard InChI is InChI=1S/C46H30/c1-5-17-31(18-6-1)43-37-27-15-13-25-35(37)39-29-40-36-26-14-16-28-38(36)44(32-19-7-2-8-20-32)46(34-23-11-4-12-24-34)42(40)30-41(39)45(43)33-21-9-3-10-22-33/h1-30H. The van der Waals surface area contributed by atoms with Crippen LogP contribution in [-0.4, -0.2) is 0 Å². The van der Waals surface area contributed by atoms with Crippen molar-refractivity contribution in [3.8, 4) is 44.5 Å². The fourth-order valence-corrected chi connectivity index (χ4v) is 7.49. The van der Waals surface area contributed by atoms with Crippen molar-refractivity contribution in [2.45, 2.75) is 0 Å². The molecule has 9 aromatic carbocycles. The van der Waals surface area contributed by atoms with Crippen molar-refractivity contribution in [2.75, 3.05) is 0 Å². The van der Waals surface area contributed by atoms with Gasteiger partial charge in [0, 0.05) is 0 Å². The van der Waals surface area contributed by atoms with Crippen LogP contribution in [0.5, 0.6) is 0 Å². The average Bonchev–Trinajstić information content (AvgIpc) is 3.14. The summed E-state index contributed by atoms with van der Waals surface area (Å²) in [6.45, 7) is 0. The van der Waals surface area contributed by atoms with Crippen molar-refractivity contribution in [3.05, 3.63) is 182 Å². The lowest BCUT2D eigenvalue weighted by atomic mass is 9.81. The van der Waals surface area contributed by atoms with Gasteiger partial charge in [0.2, 0.25) is 0 Å². The van der Waals surface area contributed by atoms with Crippen LogP contribution in [0.15, 0.2) is 182 Å². The number of rotatable bonds is 4. The van der Waals surface area contributed by atoms with Gasteiger partial charge in [-0.3, -0.25) is 0 Å². The molecule has 0 saturated carbocycles. The van der Waals surface area contributed by atoms with E-state index in [0.29, 0.717) is 0 Å². The highest BCUT2D eigenvalue weighted by Gasteiger charge is 2.22. The van der Waals surface area contributed by atoms with Gasteiger partial charge < -0.3 is 0 Å². The zero-order valence-corrected chi connectivity index (χ0v) is 25.3. The van der Waals surface area contributed by atoms with Crippen LogP contribution in [0.25, 0.3) is 87.6 Å². The molecule has 0 fully saturated rings. The minimum absolute atomic E-state index is 1.22. The van der Waals surface area contributed by atoms with Gasteiger partial charge in [0.15, 0.2) is 0 Å². The average molecular weight is 583 g/mol. The summed E-state index contributed by atoms with van der Waals surface area (Å²) in [5.41, 5.74) is 10.0. The van der Waals surface area contributed by atoms with Gasteiger partial charge in [-0.2, -0.15) is 0 Å². The van der Waals surface area contributed by atoms with E-state index in [0.717, 1.165) is 0 Å². The molecule has 0 aliphatic rings. The van der Waals surface area contributed by atoms with Crippen LogP contribution >= 0.6 is 0 Å². The molecule has 0 aliphatic heterocycles. The molecule has 214 valence electrons. The Kier molecular flexibility index (Phi) is 6.25. The molecular weight excluding hydrogens is 553 g/mol. The third kappa shape index (κ3) is 4.15. The highest BCUT2D eigenvalue weighted by atomic mass is 14.2. The molecule has 9 aromatic rings. The summed E-state index contributed by atoms with van der Waals surface area (Å²) >= 11 is 0. The van der Waals surface area contributed by atoms with Gasteiger partial charge in [-0.05, 0) is 99.7 Å². The van der Waals surface area contributed by atoms with E-state index < -0.39 is 0 Å². The summed E-state index contributed by atoms with van der Waals surface area (Å²) < 4.78 is 0. The van der Waals surface area contributed by atoms with Gasteiger partial charge in [-0.1, -0.05) is 170 Å². The van der Waals surface area contributed by atoms with Crippen LogP contribution in [0, 0.1) is 0 Å². The Labute approximate surface area is 268 Å². The van der Waals surface area contributed by atoms with Crippen molar-refractivity contribution in [1.82, 2.24) is 0 Å². The highest BCUT2D eigenvalue weighted by Crippen LogP contribution is 2.50. The molecule has 0 atom stereocenters. The molecule has 0 nitrogen and oxygen atoms in total. The highest BCUT2D eigenvalue weighted by molar-refractivity contribution is 6.29. The lowest BCUT2D eigenvalue weighted by Crippen LogP contribution is -1.95. The maximum Gasteiger partial charge on any atom is -0.00201 e. The number of fused-ring (bicyclic) bond motifs is 6. The molecule has 46 heavy (non-hydrogen) atoms.